The number of benzene rings is 2. The predicted octanol–water partition coefficient (Wildman–Crippen LogP) is 3.62. The van der Waals surface area contributed by atoms with Crippen LogP contribution in [0.1, 0.15) is 26.3 Å². The largest absolute Gasteiger partial charge is 0.494 e. The average molecular weight is 387 g/mol. The number of carbonyl (C=O) groups is 1. The summed E-state index contributed by atoms with van der Waals surface area (Å²) in [6.45, 7) is 8.07. The minimum atomic E-state index is -0.162. The molecule has 0 bridgehead atoms. The summed E-state index contributed by atoms with van der Waals surface area (Å²) in [4.78, 5) is 12.0. The van der Waals surface area contributed by atoms with Gasteiger partial charge in [-0.05, 0) is 69.2 Å². The van der Waals surface area contributed by atoms with Crippen molar-refractivity contribution in [3.05, 3.63) is 48.0 Å². The highest BCUT2D eigenvalue weighted by atomic mass is 16.5. The van der Waals surface area contributed by atoms with Gasteiger partial charge < -0.3 is 24.3 Å². The van der Waals surface area contributed by atoms with E-state index in [0.717, 1.165) is 22.8 Å². The summed E-state index contributed by atoms with van der Waals surface area (Å²) >= 11 is 0. The Balaban J connectivity index is 1.76. The minimum absolute atomic E-state index is 0.0263. The van der Waals surface area contributed by atoms with Crippen molar-refractivity contribution < 1.29 is 23.7 Å². The number of hydrogen-bond acceptors (Lipinski definition) is 5. The second-order valence-electron chi connectivity index (χ2n) is 5.94. The lowest BCUT2D eigenvalue weighted by Crippen LogP contribution is -2.30. The number of amides is 1. The fourth-order valence-corrected chi connectivity index (χ4v) is 2.60. The molecule has 2 aromatic carbocycles. The third kappa shape index (κ3) is 7.02. The molecule has 0 unspecified atom stereocenters. The third-order valence-electron chi connectivity index (χ3n) is 3.85. The van der Waals surface area contributed by atoms with Gasteiger partial charge in [0.15, 0.2) is 18.1 Å². The Bertz CT molecular complexity index is 730. The lowest BCUT2D eigenvalue weighted by atomic mass is 10.1. The van der Waals surface area contributed by atoms with Gasteiger partial charge in [0.1, 0.15) is 11.5 Å². The maximum absolute atomic E-state index is 12.0. The molecule has 1 amide bonds. The van der Waals surface area contributed by atoms with Crippen LogP contribution in [0.3, 0.4) is 0 Å². The van der Waals surface area contributed by atoms with E-state index in [2.05, 4.69) is 5.32 Å². The van der Waals surface area contributed by atoms with E-state index in [1.54, 1.807) is 12.1 Å². The fraction of sp³-hybridized carbons (Fsp3) is 0.409. The molecule has 0 saturated carbocycles. The van der Waals surface area contributed by atoms with E-state index in [4.69, 9.17) is 18.9 Å². The molecule has 0 spiro atoms. The molecule has 6 nitrogen and oxygen atoms in total. The fourth-order valence-electron chi connectivity index (χ4n) is 2.60. The second kappa shape index (κ2) is 11.7. The molecule has 152 valence electrons. The van der Waals surface area contributed by atoms with Crippen LogP contribution in [0.5, 0.6) is 23.0 Å². The summed E-state index contributed by atoms with van der Waals surface area (Å²) in [5.74, 6) is 2.71. The Kier molecular flexibility index (Phi) is 8.98. The van der Waals surface area contributed by atoms with Gasteiger partial charge in [0.05, 0.1) is 19.8 Å². The summed E-state index contributed by atoms with van der Waals surface area (Å²) in [6.07, 6.45) is 0.696. The van der Waals surface area contributed by atoms with Gasteiger partial charge in [-0.1, -0.05) is 6.07 Å². The Morgan fingerprint density at radius 1 is 0.786 bits per heavy atom. The monoisotopic (exact) mass is 387 g/mol. The smallest absolute Gasteiger partial charge is 0.257 e. The van der Waals surface area contributed by atoms with Crippen molar-refractivity contribution >= 4 is 5.91 Å². The van der Waals surface area contributed by atoms with Crippen LogP contribution in [0.15, 0.2) is 42.5 Å². The van der Waals surface area contributed by atoms with Crippen molar-refractivity contribution in [2.45, 2.75) is 27.2 Å². The highest BCUT2D eigenvalue weighted by Crippen LogP contribution is 2.28. The van der Waals surface area contributed by atoms with Gasteiger partial charge in [-0.2, -0.15) is 0 Å². The normalized spacial score (nSPS) is 10.2. The number of ether oxygens (including phenoxy) is 4. The molecule has 0 aromatic heterocycles. The van der Waals surface area contributed by atoms with E-state index < -0.39 is 0 Å². The van der Waals surface area contributed by atoms with Gasteiger partial charge in [-0.15, -0.1) is 0 Å². The maximum atomic E-state index is 12.0. The average Bonchev–Trinajstić information content (AvgIpc) is 2.70. The van der Waals surface area contributed by atoms with Crippen molar-refractivity contribution in [1.29, 1.82) is 0 Å². The van der Waals surface area contributed by atoms with E-state index in [1.165, 1.54) is 0 Å². The molecule has 0 atom stereocenters. The number of carbonyl (C=O) groups excluding carboxylic acids is 1. The van der Waals surface area contributed by atoms with Crippen LogP contribution < -0.4 is 24.3 Å². The van der Waals surface area contributed by atoms with Gasteiger partial charge >= 0.3 is 0 Å². The standard InChI is InChI=1S/C22H29NO5/c1-4-25-18-8-10-19(11-9-18)28-16-22(24)23-14-13-17-7-12-20(26-5-2)21(15-17)27-6-3/h7-12,15H,4-6,13-14,16H2,1-3H3,(H,23,24). The van der Waals surface area contributed by atoms with Gasteiger partial charge in [-0.3, -0.25) is 4.79 Å². The second-order valence-corrected chi connectivity index (χ2v) is 5.94. The van der Waals surface area contributed by atoms with E-state index >= 15 is 0 Å². The lowest BCUT2D eigenvalue weighted by Gasteiger charge is -2.13. The summed E-state index contributed by atoms with van der Waals surface area (Å²) in [6, 6.07) is 13.0. The first-order chi connectivity index (χ1) is 13.7. The zero-order valence-electron chi connectivity index (χ0n) is 16.8. The quantitative estimate of drug-likeness (QED) is 0.603. The van der Waals surface area contributed by atoms with Crippen LogP contribution in [-0.2, 0) is 11.2 Å². The zero-order valence-corrected chi connectivity index (χ0v) is 16.8. The molecule has 0 heterocycles. The molecule has 2 aromatic rings. The molecule has 0 aliphatic carbocycles. The lowest BCUT2D eigenvalue weighted by molar-refractivity contribution is -0.123. The van der Waals surface area contributed by atoms with Crippen LogP contribution in [0, 0.1) is 0 Å². The first-order valence-electron chi connectivity index (χ1n) is 9.67. The van der Waals surface area contributed by atoms with Gasteiger partial charge in [-0.25, -0.2) is 0 Å². The molecule has 6 heteroatoms. The Labute approximate surface area is 166 Å². The van der Waals surface area contributed by atoms with Crippen molar-refractivity contribution in [3.8, 4) is 23.0 Å². The summed E-state index contributed by atoms with van der Waals surface area (Å²) < 4.78 is 22.1. The van der Waals surface area contributed by atoms with Crippen molar-refractivity contribution in [3.63, 3.8) is 0 Å². The van der Waals surface area contributed by atoms with Crippen LogP contribution in [0.25, 0.3) is 0 Å². The third-order valence-corrected chi connectivity index (χ3v) is 3.85. The highest BCUT2D eigenvalue weighted by Gasteiger charge is 2.07. The van der Waals surface area contributed by atoms with Crippen LogP contribution in [0.4, 0.5) is 0 Å². The van der Waals surface area contributed by atoms with Gasteiger partial charge in [0.25, 0.3) is 5.91 Å². The van der Waals surface area contributed by atoms with Crippen LogP contribution >= 0.6 is 0 Å². The Morgan fingerprint density at radius 2 is 1.39 bits per heavy atom. The first kappa shape index (κ1) is 21.4. The SMILES string of the molecule is CCOc1ccc(OCC(=O)NCCc2ccc(OCC)c(OCC)c2)cc1. The van der Waals surface area contributed by atoms with Crippen LogP contribution in [0.2, 0.25) is 0 Å². The van der Waals surface area contributed by atoms with Crippen molar-refractivity contribution in [2.24, 2.45) is 0 Å². The van der Waals surface area contributed by atoms with Gasteiger partial charge in [0, 0.05) is 6.54 Å². The molecule has 0 fully saturated rings. The van der Waals surface area contributed by atoms with E-state index in [-0.39, 0.29) is 12.5 Å². The van der Waals surface area contributed by atoms with Crippen LogP contribution in [-0.4, -0.2) is 38.9 Å². The number of hydrogen-bond donors (Lipinski definition) is 1. The highest BCUT2D eigenvalue weighted by molar-refractivity contribution is 5.77. The zero-order chi connectivity index (χ0) is 20.2. The molecule has 28 heavy (non-hydrogen) atoms. The predicted molar refractivity (Wildman–Crippen MR) is 109 cm³/mol. The molecule has 0 aliphatic rings. The number of nitrogens with one attached hydrogen (secondary N) is 1. The Morgan fingerprint density at radius 3 is 2.04 bits per heavy atom. The topological polar surface area (TPSA) is 66.0 Å². The van der Waals surface area contributed by atoms with E-state index in [1.807, 2.05) is 51.1 Å². The first-order valence-corrected chi connectivity index (χ1v) is 9.67. The molecule has 0 saturated heterocycles. The van der Waals surface area contributed by atoms with Crippen molar-refractivity contribution in [1.82, 2.24) is 5.32 Å². The minimum Gasteiger partial charge on any atom is -0.494 e. The molecule has 1 N–H and O–H groups in total. The molecule has 0 aliphatic heterocycles. The Hall–Kier alpha value is -2.89. The molecule has 2 rings (SSSR count). The van der Waals surface area contributed by atoms with Crippen molar-refractivity contribution in [2.75, 3.05) is 33.0 Å². The number of rotatable bonds is 12. The van der Waals surface area contributed by atoms with E-state index in [9.17, 15) is 4.79 Å². The summed E-state index contributed by atoms with van der Waals surface area (Å²) in [5.41, 5.74) is 1.07. The van der Waals surface area contributed by atoms with Gasteiger partial charge in [0.2, 0.25) is 0 Å². The summed E-state index contributed by atoms with van der Waals surface area (Å²) in [5, 5.41) is 2.86. The maximum Gasteiger partial charge on any atom is 0.257 e. The molecular weight excluding hydrogens is 358 g/mol. The van der Waals surface area contributed by atoms with E-state index in [0.29, 0.717) is 38.5 Å². The molecule has 0 radical (unpaired) electrons. The molecular formula is C22H29NO5. The summed E-state index contributed by atoms with van der Waals surface area (Å²) in [7, 11) is 0.